The van der Waals surface area contributed by atoms with Crippen molar-refractivity contribution in [3.05, 3.63) is 36.0 Å². The standard InChI is InChI=1S/C12H16N2.CH2O2/c1-12(2,13)7-9-8-14-11-6-4-3-5-10(9)11;2-1-3/h3-6,8,14H,7,13H2,1-2H3;1H,(H,2,3). The molecular weight excluding hydrogens is 216 g/mol. The van der Waals surface area contributed by atoms with Crippen molar-refractivity contribution in [2.75, 3.05) is 0 Å². The summed E-state index contributed by atoms with van der Waals surface area (Å²) in [4.78, 5) is 11.6. The lowest BCUT2D eigenvalue weighted by atomic mass is 9.96. The van der Waals surface area contributed by atoms with Gasteiger partial charge in [0.1, 0.15) is 0 Å². The van der Waals surface area contributed by atoms with Crippen LogP contribution in [0.4, 0.5) is 0 Å². The first-order chi connectivity index (χ1) is 7.98. The predicted molar refractivity (Wildman–Crippen MR) is 69.0 cm³/mol. The maximum Gasteiger partial charge on any atom is 0.290 e. The van der Waals surface area contributed by atoms with Crippen molar-refractivity contribution in [3.63, 3.8) is 0 Å². The van der Waals surface area contributed by atoms with Crippen molar-refractivity contribution >= 4 is 17.4 Å². The van der Waals surface area contributed by atoms with Crippen LogP contribution >= 0.6 is 0 Å². The number of nitrogens with one attached hydrogen (secondary N) is 1. The summed E-state index contributed by atoms with van der Waals surface area (Å²) in [6, 6.07) is 8.31. The van der Waals surface area contributed by atoms with Crippen molar-refractivity contribution in [2.24, 2.45) is 5.73 Å². The van der Waals surface area contributed by atoms with Gasteiger partial charge in [-0.15, -0.1) is 0 Å². The summed E-state index contributed by atoms with van der Waals surface area (Å²) in [5.41, 5.74) is 8.34. The maximum absolute atomic E-state index is 8.36. The van der Waals surface area contributed by atoms with Crippen LogP contribution in [0.15, 0.2) is 30.5 Å². The SMILES string of the molecule is CC(C)(N)Cc1c[nH]c2ccccc12.O=CO. The van der Waals surface area contributed by atoms with Crippen LogP contribution in [0.5, 0.6) is 0 Å². The number of carbonyl (C=O) groups is 1. The van der Waals surface area contributed by atoms with Gasteiger partial charge in [0, 0.05) is 22.6 Å². The Morgan fingerprint density at radius 2 is 2.00 bits per heavy atom. The third-order valence-corrected chi connectivity index (χ3v) is 2.32. The molecule has 4 heteroatoms. The van der Waals surface area contributed by atoms with Gasteiger partial charge in [-0.05, 0) is 31.9 Å². The number of carboxylic acid groups (broad SMARTS) is 1. The zero-order valence-electron chi connectivity index (χ0n) is 10.1. The van der Waals surface area contributed by atoms with E-state index in [0.29, 0.717) is 0 Å². The first-order valence-electron chi connectivity index (χ1n) is 5.39. The van der Waals surface area contributed by atoms with E-state index in [2.05, 4.69) is 43.2 Å². The topological polar surface area (TPSA) is 79.1 Å². The molecule has 4 N–H and O–H groups in total. The van der Waals surface area contributed by atoms with Gasteiger partial charge in [0.2, 0.25) is 0 Å². The minimum absolute atomic E-state index is 0.148. The lowest BCUT2D eigenvalue weighted by molar-refractivity contribution is -0.122. The van der Waals surface area contributed by atoms with E-state index in [1.165, 1.54) is 16.5 Å². The second-order valence-electron chi connectivity index (χ2n) is 4.63. The highest BCUT2D eigenvalue weighted by atomic mass is 16.3. The molecule has 0 spiro atoms. The number of hydrogen-bond acceptors (Lipinski definition) is 2. The van der Waals surface area contributed by atoms with E-state index >= 15 is 0 Å². The van der Waals surface area contributed by atoms with E-state index in [1.807, 2.05) is 6.07 Å². The molecule has 0 aliphatic heterocycles. The molecule has 0 amide bonds. The molecule has 0 unspecified atom stereocenters. The second kappa shape index (κ2) is 5.50. The lowest BCUT2D eigenvalue weighted by Crippen LogP contribution is -2.34. The summed E-state index contributed by atoms with van der Waals surface area (Å²) < 4.78 is 0. The third-order valence-electron chi connectivity index (χ3n) is 2.32. The van der Waals surface area contributed by atoms with Crippen molar-refractivity contribution < 1.29 is 9.90 Å². The highest BCUT2D eigenvalue weighted by Gasteiger charge is 2.14. The Kier molecular flexibility index (Phi) is 4.29. The molecule has 0 fully saturated rings. The Balaban J connectivity index is 0.000000437. The third kappa shape index (κ3) is 3.92. The lowest BCUT2D eigenvalue weighted by Gasteiger charge is -2.17. The quantitative estimate of drug-likeness (QED) is 0.696. The van der Waals surface area contributed by atoms with Crippen molar-refractivity contribution in [2.45, 2.75) is 25.8 Å². The number of fused-ring (bicyclic) bond motifs is 1. The molecule has 1 aromatic heterocycles. The molecule has 2 rings (SSSR count). The largest absolute Gasteiger partial charge is 0.483 e. The molecule has 92 valence electrons. The molecule has 1 aromatic carbocycles. The fourth-order valence-electron chi connectivity index (χ4n) is 1.77. The summed E-state index contributed by atoms with van der Waals surface area (Å²) in [6.07, 6.45) is 2.95. The van der Waals surface area contributed by atoms with Gasteiger partial charge in [-0.2, -0.15) is 0 Å². The molecule has 0 aliphatic carbocycles. The van der Waals surface area contributed by atoms with Gasteiger partial charge >= 0.3 is 0 Å². The monoisotopic (exact) mass is 234 g/mol. The normalized spacial score (nSPS) is 10.8. The molecule has 0 radical (unpaired) electrons. The molecule has 0 atom stereocenters. The van der Waals surface area contributed by atoms with Gasteiger partial charge in [0.05, 0.1) is 0 Å². The molecule has 0 bridgehead atoms. The molecule has 17 heavy (non-hydrogen) atoms. The Morgan fingerprint density at radius 1 is 1.41 bits per heavy atom. The smallest absolute Gasteiger partial charge is 0.290 e. The highest BCUT2D eigenvalue weighted by Crippen LogP contribution is 2.20. The van der Waals surface area contributed by atoms with Gasteiger partial charge < -0.3 is 15.8 Å². The summed E-state index contributed by atoms with van der Waals surface area (Å²) in [5, 5.41) is 8.17. The van der Waals surface area contributed by atoms with Gasteiger partial charge in [-0.1, -0.05) is 18.2 Å². The summed E-state index contributed by atoms with van der Waals surface area (Å²) in [7, 11) is 0. The Hall–Kier alpha value is -1.81. The second-order valence-corrected chi connectivity index (χ2v) is 4.63. The van der Waals surface area contributed by atoms with E-state index in [4.69, 9.17) is 15.6 Å². The van der Waals surface area contributed by atoms with Crippen LogP contribution in [0.3, 0.4) is 0 Å². The van der Waals surface area contributed by atoms with E-state index in [1.54, 1.807) is 0 Å². The van der Waals surface area contributed by atoms with Gasteiger partial charge in [0.15, 0.2) is 0 Å². The average molecular weight is 234 g/mol. The molecule has 0 saturated heterocycles. The number of aromatic amines is 1. The molecule has 0 aliphatic rings. The number of rotatable bonds is 2. The van der Waals surface area contributed by atoms with Gasteiger partial charge in [0.25, 0.3) is 6.47 Å². The van der Waals surface area contributed by atoms with Gasteiger partial charge in [-0.3, -0.25) is 4.79 Å². The first-order valence-corrected chi connectivity index (χ1v) is 5.39. The zero-order valence-corrected chi connectivity index (χ0v) is 10.1. The van der Waals surface area contributed by atoms with Crippen LogP contribution in [0, 0.1) is 0 Å². The van der Waals surface area contributed by atoms with Crippen molar-refractivity contribution in [1.29, 1.82) is 0 Å². The van der Waals surface area contributed by atoms with Crippen LogP contribution in [-0.4, -0.2) is 22.1 Å². The minimum atomic E-state index is -0.250. The van der Waals surface area contributed by atoms with Crippen LogP contribution in [0.2, 0.25) is 0 Å². The number of benzene rings is 1. The van der Waals surface area contributed by atoms with E-state index < -0.39 is 0 Å². The number of nitrogens with two attached hydrogens (primary N) is 1. The van der Waals surface area contributed by atoms with Gasteiger partial charge in [-0.25, -0.2) is 0 Å². The average Bonchev–Trinajstić information content (AvgIpc) is 2.61. The van der Waals surface area contributed by atoms with E-state index in [9.17, 15) is 0 Å². The fourth-order valence-corrected chi connectivity index (χ4v) is 1.77. The van der Waals surface area contributed by atoms with Crippen molar-refractivity contribution in [3.8, 4) is 0 Å². The van der Waals surface area contributed by atoms with Crippen LogP contribution < -0.4 is 5.73 Å². The van der Waals surface area contributed by atoms with E-state index in [-0.39, 0.29) is 12.0 Å². The number of hydrogen-bond donors (Lipinski definition) is 3. The predicted octanol–water partition coefficient (Wildman–Crippen LogP) is 2.15. The Morgan fingerprint density at radius 3 is 2.59 bits per heavy atom. The van der Waals surface area contributed by atoms with E-state index in [0.717, 1.165) is 6.42 Å². The summed E-state index contributed by atoms with van der Waals surface area (Å²) >= 11 is 0. The number of para-hydroxylation sites is 1. The molecule has 0 saturated carbocycles. The zero-order chi connectivity index (χ0) is 12.9. The molecule has 1 heterocycles. The van der Waals surface area contributed by atoms with Crippen LogP contribution in [0.25, 0.3) is 10.9 Å². The summed E-state index contributed by atoms with van der Waals surface area (Å²) in [6.45, 7) is 3.85. The first kappa shape index (κ1) is 13.3. The summed E-state index contributed by atoms with van der Waals surface area (Å²) in [5.74, 6) is 0. The fraction of sp³-hybridized carbons (Fsp3) is 0.308. The van der Waals surface area contributed by atoms with Crippen LogP contribution in [-0.2, 0) is 11.2 Å². The Bertz CT molecular complexity index is 483. The van der Waals surface area contributed by atoms with Crippen molar-refractivity contribution in [1.82, 2.24) is 4.98 Å². The number of aromatic nitrogens is 1. The molecular formula is C13H18N2O2. The van der Waals surface area contributed by atoms with Crippen LogP contribution in [0.1, 0.15) is 19.4 Å². The molecule has 4 nitrogen and oxygen atoms in total. The Labute approximate surface area is 100 Å². The number of H-pyrrole nitrogens is 1. The maximum atomic E-state index is 8.36. The minimum Gasteiger partial charge on any atom is -0.483 e. The highest BCUT2D eigenvalue weighted by molar-refractivity contribution is 5.83. The molecule has 2 aromatic rings.